The Morgan fingerprint density at radius 1 is 1.13 bits per heavy atom. The Labute approximate surface area is 254 Å². The minimum Gasteiger partial charge on any atom is -0.493 e. The molecular formula is C28H23Cl2IN2O5S. The number of thioether (sulfide) groups is 1. The Bertz CT molecular complexity index is 1480. The number of esters is 1. The number of nitrogens with zero attached hydrogens (tertiary/aromatic N) is 2. The lowest BCUT2D eigenvalue weighted by Gasteiger charge is -2.14. The first-order valence-corrected chi connectivity index (χ1v) is 14.3. The van der Waals surface area contributed by atoms with Gasteiger partial charge in [0.1, 0.15) is 6.61 Å². The highest BCUT2D eigenvalue weighted by atomic mass is 127. The second-order valence-corrected chi connectivity index (χ2v) is 11.2. The van der Waals surface area contributed by atoms with Crippen LogP contribution in [0.25, 0.3) is 6.08 Å². The second kappa shape index (κ2) is 13.1. The number of amides is 1. The molecule has 0 unspecified atom stereocenters. The quantitative estimate of drug-likeness (QED) is 0.137. The minimum absolute atomic E-state index is 0.173. The smallest absolute Gasteiger partial charge is 0.338 e. The zero-order valence-corrected chi connectivity index (χ0v) is 25.7. The molecule has 1 heterocycles. The van der Waals surface area contributed by atoms with Gasteiger partial charge in [-0.05, 0) is 101 Å². The lowest BCUT2D eigenvalue weighted by Crippen LogP contribution is -2.23. The van der Waals surface area contributed by atoms with Gasteiger partial charge in [0.05, 0.1) is 33.4 Å². The summed E-state index contributed by atoms with van der Waals surface area (Å²) in [4.78, 5) is 31.4. The van der Waals surface area contributed by atoms with Crippen LogP contribution in [-0.4, -0.2) is 42.7 Å². The number of halogens is 3. The van der Waals surface area contributed by atoms with Crippen LogP contribution in [0.4, 0.5) is 5.69 Å². The maximum Gasteiger partial charge on any atom is 0.338 e. The van der Waals surface area contributed by atoms with Crippen LogP contribution in [0.3, 0.4) is 0 Å². The molecule has 1 aliphatic heterocycles. The van der Waals surface area contributed by atoms with Gasteiger partial charge in [-0.1, -0.05) is 29.3 Å². The summed E-state index contributed by atoms with van der Waals surface area (Å²) in [5.74, 6) is 0.536. The number of carbonyl (C=O) groups is 2. The molecule has 1 amide bonds. The zero-order valence-electron chi connectivity index (χ0n) is 21.2. The van der Waals surface area contributed by atoms with Crippen LogP contribution in [0.2, 0.25) is 10.0 Å². The molecule has 0 aromatic heterocycles. The SMILES string of the molecule is CCOC(=O)c1ccc(N=C2SC(=Cc3cc(I)c(OCc4ccc(Cl)cc4Cl)c(OC)c3)C(=O)N2C)cc1. The summed E-state index contributed by atoms with van der Waals surface area (Å²) in [6.07, 6.45) is 1.79. The van der Waals surface area contributed by atoms with E-state index in [4.69, 9.17) is 37.4 Å². The van der Waals surface area contributed by atoms with E-state index < -0.39 is 0 Å². The summed E-state index contributed by atoms with van der Waals surface area (Å²) in [6.45, 7) is 2.30. The monoisotopic (exact) mass is 696 g/mol. The van der Waals surface area contributed by atoms with Gasteiger partial charge in [0.15, 0.2) is 16.7 Å². The van der Waals surface area contributed by atoms with Crippen LogP contribution in [0.1, 0.15) is 28.4 Å². The van der Waals surface area contributed by atoms with E-state index in [1.54, 1.807) is 63.6 Å². The van der Waals surface area contributed by atoms with Crippen LogP contribution < -0.4 is 9.47 Å². The second-order valence-electron chi connectivity index (χ2n) is 8.20. The average Bonchev–Trinajstić information content (AvgIpc) is 3.16. The van der Waals surface area contributed by atoms with Gasteiger partial charge in [-0.15, -0.1) is 0 Å². The van der Waals surface area contributed by atoms with Crippen molar-refractivity contribution < 1.29 is 23.8 Å². The number of aliphatic imine (C=N–C) groups is 1. The van der Waals surface area contributed by atoms with Crippen molar-refractivity contribution in [1.29, 1.82) is 0 Å². The zero-order chi connectivity index (χ0) is 28.1. The summed E-state index contributed by atoms with van der Waals surface area (Å²) >= 11 is 15.7. The molecular weight excluding hydrogens is 674 g/mol. The first kappa shape index (κ1) is 29.3. The molecule has 1 fully saturated rings. The molecule has 4 rings (SSSR count). The van der Waals surface area contributed by atoms with Gasteiger partial charge < -0.3 is 14.2 Å². The van der Waals surface area contributed by atoms with Crippen molar-refractivity contribution in [3.05, 3.63) is 89.8 Å². The Morgan fingerprint density at radius 2 is 1.87 bits per heavy atom. The molecule has 0 spiro atoms. The van der Waals surface area contributed by atoms with Crippen molar-refractivity contribution in [2.75, 3.05) is 20.8 Å². The molecule has 0 bridgehead atoms. The number of carbonyl (C=O) groups excluding carboxylic acids is 2. The molecule has 0 N–H and O–H groups in total. The van der Waals surface area contributed by atoms with Crippen molar-refractivity contribution in [2.24, 2.45) is 4.99 Å². The van der Waals surface area contributed by atoms with E-state index in [1.165, 1.54) is 16.7 Å². The summed E-state index contributed by atoms with van der Waals surface area (Å²) in [5, 5.41) is 1.60. The average molecular weight is 697 g/mol. The number of amidine groups is 1. The predicted octanol–water partition coefficient (Wildman–Crippen LogP) is 7.60. The predicted molar refractivity (Wildman–Crippen MR) is 164 cm³/mol. The van der Waals surface area contributed by atoms with Gasteiger partial charge in [-0.25, -0.2) is 9.79 Å². The Kier molecular flexibility index (Phi) is 9.81. The molecule has 0 saturated carbocycles. The molecule has 1 saturated heterocycles. The normalized spacial score (nSPS) is 15.2. The topological polar surface area (TPSA) is 77.4 Å². The van der Waals surface area contributed by atoms with Crippen LogP contribution in [0.5, 0.6) is 11.5 Å². The van der Waals surface area contributed by atoms with E-state index in [-0.39, 0.29) is 18.5 Å². The third-order valence-corrected chi connectivity index (χ3v) is 7.99. The minimum atomic E-state index is -0.389. The molecule has 0 atom stereocenters. The summed E-state index contributed by atoms with van der Waals surface area (Å²) in [5.41, 5.74) is 2.63. The van der Waals surface area contributed by atoms with Crippen molar-refractivity contribution in [2.45, 2.75) is 13.5 Å². The Hall–Kier alpha value is -2.73. The van der Waals surface area contributed by atoms with E-state index in [1.807, 2.05) is 18.2 Å². The van der Waals surface area contributed by atoms with Crippen molar-refractivity contribution in [3.8, 4) is 11.5 Å². The fraction of sp³-hybridized carbons (Fsp3) is 0.179. The van der Waals surface area contributed by atoms with Gasteiger partial charge >= 0.3 is 5.97 Å². The molecule has 3 aromatic rings. The maximum atomic E-state index is 13.0. The standard InChI is InChI=1S/C28H23Cl2IN2O5S/c1-4-37-27(35)17-6-9-20(10-7-17)32-28-33(2)26(34)24(39-28)13-16-11-22(31)25(23(12-16)36-3)38-15-18-5-8-19(29)14-21(18)30/h5-14H,4,15H2,1-3H3. The number of hydrogen-bond acceptors (Lipinski definition) is 7. The molecule has 11 heteroatoms. The molecule has 202 valence electrons. The van der Waals surface area contributed by atoms with Gasteiger partial charge in [0, 0.05) is 22.7 Å². The number of methoxy groups -OCH3 is 1. The number of rotatable bonds is 8. The van der Waals surface area contributed by atoms with Crippen molar-refractivity contribution >= 4 is 86.4 Å². The number of benzene rings is 3. The third-order valence-electron chi connectivity index (χ3n) is 5.54. The number of likely N-dealkylation sites (N-methyl/N-ethyl adjacent to an activating group) is 1. The summed E-state index contributed by atoms with van der Waals surface area (Å²) in [6, 6.07) is 15.7. The van der Waals surface area contributed by atoms with Crippen LogP contribution in [-0.2, 0) is 16.1 Å². The fourth-order valence-electron chi connectivity index (χ4n) is 3.55. The van der Waals surface area contributed by atoms with Crippen molar-refractivity contribution in [3.63, 3.8) is 0 Å². The summed E-state index contributed by atoms with van der Waals surface area (Å²) < 4.78 is 17.4. The fourth-order valence-corrected chi connectivity index (χ4v) is 5.78. The highest BCUT2D eigenvalue weighted by Gasteiger charge is 2.30. The van der Waals surface area contributed by atoms with E-state index in [0.29, 0.717) is 49.5 Å². The molecule has 1 aliphatic rings. The van der Waals surface area contributed by atoms with Crippen LogP contribution in [0.15, 0.2) is 64.5 Å². The lowest BCUT2D eigenvalue weighted by molar-refractivity contribution is -0.121. The van der Waals surface area contributed by atoms with E-state index in [9.17, 15) is 9.59 Å². The van der Waals surface area contributed by atoms with Gasteiger partial charge in [-0.2, -0.15) is 0 Å². The number of hydrogen-bond donors (Lipinski definition) is 0. The van der Waals surface area contributed by atoms with Gasteiger partial charge in [-0.3, -0.25) is 9.69 Å². The molecule has 3 aromatic carbocycles. The van der Waals surface area contributed by atoms with E-state index >= 15 is 0 Å². The molecule has 7 nitrogen and oxygen atoms in total. The first-order valence-electron chi connectivity index (χ1n) is 11.7. The van der Waals surface area contributed by atoms with E-state index in [0.717, 1.165) is 14.7 Å². The number of ether oxygens (including phenoxy) is 3. The van der Waals surface area contributed by atoms with Crippen LogP contribution >= 0.6 is 57.6 Å². The van der Waals surface area contributed by atoms with Crippen molar-refractivity contribution in [1.82, 2.24) is 4.90 Å². The largest absolute Gasteiger partial charge is 0.493 e. The summed E-state index contributed by atoms with van der Waals surface area (Å²) in [7, 11) is 3.23. The maximum absolute atomic E-state index is 13.0. The molecule has 0 radical (unpaired) electrons. The van der Waals surface area contributed by atoms with E-state index in [2.05, 4.69) is 27.6 Å². The van der Waals surface area contributed by atoms with Gasteiger partial charge in [0.25, 0.3) is 5.91 Å². The third kappa shape index (κ3) is 7.08. The highest BCUT2D eigenvalue weighted by molar-refractivity contribution is 14.1. The Morgan fingerprint density at radius 3 is 2.54 bits per heavy atom. The molecule has 39 heavy (non-hydrogen) atoms. The first-order chi connectivity index (χ1) is 18.7. The highest BCUT2D eigenvalue weighted by Crippen LogP contribution is 2.38. The Balaban J connectivity index is 1.53. The van der Waals surface area contributed by atoms with Crippen LogP contribution in [0, 0.1) is 3.57 Å². The molecule has 0 aliphatic carbocycles. The van der Waals surface area contributed by atoms with Gasteiger partial charge in [0.2, 0.25) is 0 Å². The lowest BCUT2D eigenvalue weighted by atomic mass is 10.1.